The van der Waals surface area contributed by atoms with Gasteiger partial charge in [-0.3, -0.25) is 4.98 Å². The van der Waals surface area contributed by atoms with Gasteiger partial charge in [0, 0.05) is 16.2 Å². The number of halogens is 1. The lowest BCUT2D eigenvalue weighted by molar-refractivity contribution is 0.203. The Morgan fingerprint density at radius 3 is 2.70 bits per heavy atom. The molecule has 2 aromatic rings. The minimum absolute atomic E-state index is 0.145. The second-order valence-corrected chi connectivity index (χ2v) is 7.18. The zero-order valence-corrected chi connectivity index (χ0v) is 16.9. The maximum Gasteiger partial charge on any atom is 0.122 e. The van der Waals surface area contributed by atoms with E-state index in [1.54, 1.807) is 31.3 Å². The third-order valence-corrected chi connectivity index (χ3v) is 4.66. The molecule has 5 heteroatoms. The first kappa shape index (κ1) is 21.1. The van der Waals surface area contributed by atoms with Gasteiger partial charge in [-0.2, -0.15) is 0 Å². The number of aliphatic hydroxyl groups excluding tert-OH is 2. The van der Waals surface area contributed by atoms with Crippen molar-refractivity contribution in [2.45, 2.75) is 25.9 Å². The molecule has 1 atom stereocenters. The Morgan fingerprint density at radius 2 is 2.07 bits per heavy atom. The number of pyridine rings is 1. The summed E-state index contributed by atoms with van der Waals surface area (Å²) in [6.45, 7) is 5.53. The van der Waals surface area contributed by atoms with Crippen molar-refractivity contribution < 1.29 is 15.3 Å². The first-order valence-corrected chi connectivity index (χ1v) is 9.47. The first-order chi connectivity index (χ1) is 12.9. The summed E-state index contributed by atoms with van der Waals surface area (Å²) >= 11 is 3.42. The van der Waals surface area contributed by atoms with Crippen molar-refractivity contribution in [3.05, 3.63) is 82.1 Å². The number of aromatic nitrogens is 1. The molecule has 0 saturated carbocycles. The number of phenolic OH excluding ortho intramolecular Hbond substituents is 1. The van der Waals surface area contributed by atoms with Gasteiger partial charge in [-0.15, -0.1) is 0 Å². The number of hydrogen-bond donors (Lipinski definition) is 3. The van der Waals surface area contributed by atoms with Crippen molar-refractivity contribution in [3.63, 3.8) is 0 Å². The van der Waals surface area contributed by atoms with Crippen molar-refractivity contribution in [1.82, 2.24) is 4.98 Å². The fraction of sp³-hybridized carbons (Fsp3) is 0.227. The molecule has 27 heavy (non-hydrogen) atoms. The van der Waals surface area contributed by atoms with E-state index in [4.69, 9.17) is 5.11 Å². The second-order valence-electron chi connectivity index (χ2n) is 6.26. The van der Waals surface area contributed by atoms with Crippen LogP contribution in [0.1, 0.15) is 31.0 Å². The van der Waals surface area contributed by atoms with Crippen molar-refractivity contribution in [1.29, 1.82) is 0 Å². The van der Waals surface area contributed by atoms with Gasteiger partial charge in [0.25, 0.3) is 0 Å². The fourth-order valence-corrected chi connectivity index (χ4v) is 3.18. The number of phenols is 1. The van der Waals surface area contributed by atoms with Gasteiger partial charge in [-0.25, -0.2) is 0 Å². The minimum atomic E-state index is -0.738. The van der Waals surface area contributed by atoms with Gasteiger partial charge in [0.15, 0.2) is 0 Å². The molecule has 3 N–H and O–H groups in total. The van der Waals surface area contributed by atoms with Crippen molar-refractivity contribution in [3.8, 4) is 5.75 Å². The SMILES string of the molecule is C=C(C)/C(=C/CO)C(O)CC/C(=C/c1cc(Br)ccc1O)c1ccccn1. The monoisotopic (exact) mass is 429 g/mol. The topological polar surface area (TPSA) is 73.6 Å². The van der Waals surface area contributed by atoms with Crippen LogP contribution in [-0.4, -0.2) is 33.0 Å². The van der Waals surface area contributed by atoms with E-state index < -0.39 is 6.10 Å². The molecule has 0 aliphatic heterocycles. The van der Waals surface area contributed by atoms with Crippen LogP contribution in [0.4, 0.5) is 0 Å². The molecule has 0 aliphatic rings. The second kappa shape index (κ2) is 10.2. The van der Waals surface area contributed by atoms with Crippen LogP contribution >= 0.6 is 15.9 Å². The zero-order valence-electron chi connectivity index (χ0n) is 15.3. The number of aliphatic hydroxyl groups is 2. The fourth-order valence-electron chi connectivity index (χ4n) is 2.80. The van der Waals surface area contributed by atoms with E-state index in [-0.39, 0.29) is 12.4 Å². The third-order valence-electron chi connectivity index (χ3n) is 4.16. The average molecular weight is 430 g/mol. The number of benzene rings is 1. The van der Waals surface area contributed by atoms with Gasteiger partial charge < -0.3 is 15.3 Å². The molecule has 0 aliphatic carbocycles. The van der Waals surface area contributed by atoms with Gasteiger partial charge in [0.1, 0.15) is 5.75 Å². The summed E-state index contributed by atoms with van der Waals surface area (Å²) in [6, 6.07) is 10.9. The van der Waals surface area contributed by atoms with E-state index in [0.717, 1.165) is 21.3 Å². The van der Waals surface area contributed by atoms with Crippen molar-refractivity contribution >= 4 is 27.6 Å². The largest absolute Gasteiger partial charge is 0.507 e. The van der Waals surface area contributed by atoms with Crippen LogP contribution in [0.25, 0.3) is 11.6 Å². The average Bonchev–Trinajstić information content (AvgIpc) is 2.66. The van der Waals surface area contributed by atoms with Gasteiger partial charge in [-0.05, 0) is 67.3 Å². The van der Waals surface area contributed by atoms with E-state index >= 15 is 0 Å². The summed E-state index contributed by atoms with van der Waals surface area (Å²) in [6.07, 6.45) is 5.42. The van der Waals surface area contributed by atoms with Crippen LogP contribution in [0.2, 0.25) is 0 Å². The third kappa shape index (κ3) is 6.17. The summed E-state index contributed by atoms with van der Waals surface area (Å²) in [5.41, 5.74) is 3.72. The molecular weight excluding hydrogens is 406 g/mol. The van der Waals surface area contributed by atoms with Crippen LogP contribution in [0.5, 0.6) is 5.75 Å². The van der Waals surface area contributed by atoms with E-state index in [9.17, 15) is 10.2 Å². The van der Waals surface area contributed by atoms with E-state index in [1.807, 2.05) is 30.3 Å². The predicted octanol–water partition coefficient (Wildman–Crippen LogP) is 4.73. The van der Waals surface area contributed by atoms with E-state index in [2.05, 4.69) is 27.5 Å². The Bertz CT molecular complexity index is 844. The normalized spacial score (nSPS) is 13.5. The summed E-state index contributed by atoms with van der Waals surface area (Å²) in [5.74, 6) is 0.176. The van der Waals surface area contributed by atoms with Crippen LogP contribution in [0, 0.1) is 0 Å². The van der Waals surface area contributed by atoms with Crippen LogP contribution in [-0.2, 0) is 0 Å². The first-order valence-electron chi connectivity index (χ1n) is 8.67. The molecule has 0 saturated heterocycles. The predicted molar refractivity (Wildman–Crippen MR) is 113 cm³/mol. The summed E-state index contributed by atoms with van der Waals surface area (Å²) in [5, 5.41) is 29.8. The number of allylic oxidation sites excluding steroid dienone is 1. The molecule has 1 heterocycles. The van der Waals surface area contributed by atoms with E-state index in [1.165, 1.54) is 0 Å². The molecule has 142 valence electrons. The highest BCUT2D eigenvalue weighted by atomic mass is 79.9. The molecule has 4 nitrogen and oxygen atoms in total. The maximum atomic E-state index is 10.5. The molecule has 0 bridgehead atoms. The van der Waals surface area contributed by atoms with Crippen LogP contribution < -0.4 is 0 Å². The van der Waals surface area contributed by atoms with Gasteiger partial charge in [0.05, 0.1) is 18.4 Å². The molecule has 0 spiro atoms. The molecule has 1 unspecified atom stereocenters. The van der Waals surface area contributed by atoms with Crippen LogP contribution in [0.3, 0.4) is 0 Å². The highest BCUT2D eigenvalue weighted by Gasteiger charge is 2.14. The summed E-state index contributed by atoms with van der Waals surface area (Å²) in [7, 11) is 0. The molecule has 0 fully saturated rings. The van der Waals surface area contributed by atoms with Crippen molar-refractivity contribution in [2.75, 3.05) is 6.61 Å². The molecule has 0 amide bonds. The summed E-state index contributed by atoms with van der Waals surface area (Å²) in [4.78, 5) is 4.41. The standard InChI is InChI=1S/C22H24BrNO3/c1-15(2)19(10-12-25)22(27)8-6-16(20-5-3-4-11-24-20)13-17-14-18(23)7-9-21(17)26/h3-5,7,9-11,13-14,22,25-27H,1,6,8,12H2,2H3/b16-13-,19-10-. The van der Waals surface area contributed by atoms with Crippen LogP contribution in [0.15, 0.2) is 70.9 Å². The molecule has 2 rings (SSSR count). The Hall–Kier alpha value is -2.21. The Labute approximate surface area is 168 Å². The Balaban J connectivity index is 2.32. The van der Waals surface area contributed by atoms with Gasteiger partial charge in [-0.1, -0.05) is 40.2 Å². The summed E-state index contributed by atoms with van der Waals surface area (Å²) < 4.78 is 0.863. The Morgan fingerprint density at radius 1 is 1.30 bits per heavy atom. The number of nitrogens with zero attached hydrogens (tertiary/aromatic N) is 1. The highest BCUT2D eigenvalue weighted by molar-refractivity contribution is 9.10. The molecule has 1 aromatic carbocycles. The van der Waals surface area contributed by atoms with E-state index in [0.29, 0.717) is 24.0 Å². The minimum Gasteiger partial charge on any atom is -0.507 e. The lowest BCUT2D eigenvalue weighted by Crippen LogP contribution is -2.12. The smallest absolute Gasteiger partial charge is 0.122 e. The maximum absolute atomic E-state index is 10.5. The highest BCUT2D eigenvalue weighted by Crippen LogP contribution is 2.29. The quantitative estimate of drug-likeness (QED) is 0.530. The number of hydrogen-bond acceptors (Lipinski definition) is 4. The Kier molecular flexibility index (Phi) is 7.98. The van der Waals surface area contributed by atoms with Crippen molar-refractivity contribution in [2.24, 2.45) is 0 Å². The molecule has 0 radical (unpaired) electrons. The number of rotatable bonds is 8. The molecule has 1 aromatic heterocycles. The zero-order chi connectivity index (χ0) is 19.8. The lowest BCUT2D eigenvalue weighted by Gasteiger charge is -2.16. The lowest BCUT2D eigenvalue weighted by atomic mass is 9.94. The van der Waals surface area contributed by atoms with Gasteiger partial charge >= 0.3 is 0 Å². The molecular formula is C22H24BrNO3. The van der Waals surface area contributed by atoms with Gasteiger partial charge in [0.2, 0.25) is 0 Å². The number of aromatic hydroxyl groups is 1.